The Balaban J connectivity index is 1.90. The summed E-state index contributed by atoms with van der Waals surface area (Å²) in [5, 5.41) is 1.11. The number of benzene rings is 1. The highest BCUT2D eigenvalue weighted by Gasteiger charge is 2.07. The van der Waals surface area contributed by atoms with Crippen LogP contribution in [0.15, 0.2) is 54.9 Å². The summed E-state index contributed by atoms with van der Waals surface area (Å²) in [4.78, 5) is 4.79. The van der Waals surface area contributed by atoms with E-state index in [1.54, 1.807) is 0 Å². The molecule has 4 heteroatoms. The molecule has 2 N–H and O–H groups in total. The fourth-order valence-electron chi connectivity index (χ4n) is 2.41. The molecule has 0 atom stereocenters. The second-order valence-corrected chi connectivity index (χ2v) is 5.12. The van der Waals surface area contributed by atoms with Gasteiger partial charge < -0.3 is 10.3 Å². The van der Waals surface area contributed by atoms with Crippen LogP contribution in [0.3, 0.4) is 0 Å². The Labute approximate surface area is 123 Å². The van der Waals surface area contributed by atoms with E-state index in [9.17, 15) is 0 Å². The van der Waals surface area contributed by atoms with E-state index < -0.39 is 0 Å². The van der Waals surface area contributed by atoms with Crippen molar-refractivity contribution in [1.29, 1.82) is 0 Å². The third-order valence-electron chi connectivity index (χ3n) is 3.41. The highest BCUT2D eigenvalue weighted by atomic mass is 32.1. The Hall–Kier alpha value is -2.20. The van der Waals surface area contributed by atoms with Crippen LogP contribution in [0, 0.1) is 0 Å². The minimum atomic E-state index is 0.443. The molecule has 3 rings (SSSR count). The van der Waals surface area contributed by atoms with Gasteiger partial charge in [0.25, 0.3) is 0 Å². The van der Waals surface area contributed by atoms with Gasteiger partial charge in [-0.15, -0.1) is 0 Å². The summed E-state index contributed by atoms with van der Waals surface area (Å²) in [5.74, 6) is 0. The predicted molar refractivity (Wildman–Crippen MR) is 85.8 cm³/mol. The first-order valence-electron chi connectivity index (χ1n) is 6.53. The third-order valence-corrected chi connectivity index (χ3v) is 3.63. The lowest BCUT2D eigenvalue weighted by Crippen LogP contribution is -2.09. The number of aromatic nitrogens is 2. The SMILES string of the molecule is NC(=S)c1cccc2c1ccn2CCc1ccccn1. The standard InChI is InChI=1S/C16H15N3S/c17-16(20)14-5-3-6-15-13(14)8-11-19(15)10-7-12-4-1-2-9-18-12/h1-6,8-9,11H,7,10H2,(H2,17,20). The Kier molecular flexibility index (Phi) is 3.48. The molecule has 2 heterocycles. The third kappa shape index (κ3) is 2.42. The van der Waals surface area contributed by atoms with Crippen molar-refractivity contribution < 1.29 is 0 Å². The lowest BCUT2D eigenvalue weighted by molar-refractivity contribution is 0.710. The molecule has 0 spiro atoms. The van der Waals surface area contributed by atoms with Crippen LogP contribution >= 0.6 is 12.2 Å². The molecule has 0 radical (unpaired) electrons. The highest BCUT2D eigenvalue weighted by molar-refractivity contribution is 7.80. The molecule has 0 amide bonds. The van der Waals surface area contributed by atoms with Crippen LogP contribution in [0.25, 0.3) is 10.9 Å². The normalized spacial score (nSPS) is 10.8. The first kappa shape index (κ1) is 12.8. The van der Waals surface area contributed by atoms with Gasteiger partial charge in [-0.2, -0.15) is 0 Å². The zero-order valence-electron chi connectivity index (χ0n) is 11.0. The van der Waals surface area contributed by atoms with Gasteiger partial charge in [-0.25, -0.2) is 0 Å². The van der Waals surface area contributed by atoms with Gasteiger partial charge >= 0.3 is 0 Å². The van der Waals surface area contributed by atoms with Crippen molar-refractivity contribution in [2.75, 3.05) is 0 Å². The first-order chi connectivity index (χ1) is 9.75. The Morgan fingerprint density at radius 1 is 1.15 bits per heavy atom. The summed E-state index contributed by atoms with van der Waals surface area (Å²) in [5.41, 5.74) is 8.96. The van der Waals surface area contributed by atoms with Gasteiger partial charge in [0.1, 0.15) is 4.99 Å². The first-order valence-corrected chi connectivity index (χ1v) is 6.94. The minimum absolute atomic E-state index is 0.443. The molecular formula is C16H15N3S. The summed E-state index contributed by atoms with van der Waals surface area (Å²) in [6.07, 6.45) is 4.81. The zero-order valence-corrected chi connectivity index (χ0v) is 11.8. The van der Waals surface area contributed by atoms with Gasteiger partial charge in [-0.1, -0.05) is 30.4 Å². The molecule has 0 saturated heterocycles. The zero-order chi connectivity index (χ0) is 13.9. The lowest BCUT2D eigenvalue weighted by atomic mass is 10.1. The van der Waals surface area contributed by atoms with E-state index in [0.717, 1.165) is 35.1 Å². The van der Waals surface area contributed by atoms with Crippen molar-refractivity contribution in [1.82, 2.24) is 9.55 Å². The molecular weight excluding hydrogens is 266 g/mol. The monoisotopic (exact) mass is 281 g/mol. The van der Waals surface area contributed by atoms with Gasteiger partial charge in [0.2, 0.25) is 0 Å². The van der Waals surface area contributed by atoms with E-state index in [1.165, 1.54) is 0 Å². The summed E-state index contributed by atoms with van der Waals surface area (Å²) < 4.78 is 2.21. The van der Waals surface area contributed by atoms with Crippen molar-refractivity contribution in [2.24, 2.45) is 5.73 Å². The number of thiocarbonyl (C=S) groups is 1. The maximum absolute atomic E-state index is 5.77. The maximum Gasteiger partial charge on any atom is 0.104 e. The topological polar surface area (TPSA) is 43.8 Å². The molecule has 0 saturated carbocycles. The van der Waals surface area contributed by atoms with Gasteiger partial charge in [-0.05, 0) is 24.3 Å². The number of rotatable bonds is 4. The van der Waals surface area contributed by atoms with Crippen LogP contribution in [0.5, 0.6) is 0 Å². The molecule has 20 heavy (non-hydrogen) atoms. The highest BCUT2D eigenvalue weighted by Crippen LogP contribution is 2.20. The van der Waals surface area contributed by atoms with E-state index in [1.807, 2.05) is 36.5 Å². The number of hydrogen-bond donors (Lipinski definition) is 1. The molecule has 1 aromatic carbocycles. The average molecular weight is 281 g/mol. The quantitative estimate of drug-likeness (QED) is 0.748. The van der Waals surface area contributed by atoms with Gasteiger partial charge in [0.15, 0.2) is 0 Å². The van der Waals surface area contributed by atoms with E-state index in [2.05, 4.69) is 27.9 Å². The number of fused-ring (bicyclic) bond motifs is 1. The predicted octanol–water partition coefficient (Wildman–Crippen LogP) is 2.91. The summed E-state index contributed by atoms with van der Waals surface area (Å²) in [6.45, 7) is 0.890. The van der Waals surface area contributed by atoms with Crippen LogP contribution < -0.4 is 5.73 Å². The van der Waals surface area contributed by atoms with Crippen LogP contribution in [0.2, 0.25) is 0 Å². The number of nitrogens with zero attached hydrogens (tertiary/aromatic N) is 2. The maximum atomic E-state index is 5.77. The van der Waals surface area contributed by atoms with Crippen molar-refractivity contribution in [3.63, 3.8) is 0 Å². The Bertz CT molecular complexity index is 747. The molecule has 3 nitrogen and oxygen atoms in total. The Morgan fingerprint density at radius 2 is 2.05 bits per heavy atom. The van der Waals surface area contributed by atoms with Gasteiger partial charge in [-0.3, -0.25) is 4.98 Å². The fourth-order valence-corrected chi connectivity index (χ4v) is 2.59. The molecule has 0 unspecified atom stereocenters. The van der Waals surface area contributed by atoms with E-state index in [0.29, 0.717) is 4.99 Å². The van der Waals surface area contributed by atoms with Crippen molar-refractivity contribution in [3.05, 3.63) is 66.1 Å². The lowest BCUT2D eigenvalue weighted by Gasteiger charge is -2.06. The molecule has 0 aliphatic heterocycles. The van der Waals surface area contributed by atoms with Crippen LogP contribution in [0.1, 0.15) is 11.3 Å². The van der Waals surface area contributed by atoms with Gasteiger partial charge in [0.05, 0.1) is 0 Å². The summed E-state index contributed by atoms with van der Waals surface area (Å²) in [6, 6.07) is 14.1. The van der Waals surface area contributed by atoms with Crippen LogP contribution in [-0.4, -0.2) is 14.5 Å². The minimum Gasteiger partial charge on any atom is -0.389 e. The largest absolute Gasteiger partial charge is 0.389 e. The second-order valence-electron chi connectivity index (χ2n) is 4.68. The molecule has 100 valence electrons. The molecule has 2 aromatic heterocycles. The molecule has 0 bridgehead atoms. The molecule has 0 fully saturated rings. The summed E-state index contributed by atoms with van der Waals surface area (Å²) in [7, 11) is 0. The van der Waals surface area contributed by atoms with E-state index in [-0.39, 0.29) is 0 Å². The smallest absolute Gasteiger partial charge is 0.104 e. The molecule has 0 aliphatic rings. The summed E-state index contributed by atoms with van der Waals surface area (Å²) >= 11 is 5.10. The van der Waals surface area contributed by atoms with Crippen LogP contribution in [0.4, 0.5) is 0 Å². The molecule has 0 aliphatic carbocycles. The van der Waals surface area contributed by atoms with Crippen molar-refractivity contribution >= 4 is 28.1 Å². The number of hydrogen-bond acceptors (Lipinski definition) is 2. The van der Waals surface area contributed by atoms with Crippen molar-refractivity contribution in [3.8, 4) is 0 Å². The van der Waals surface area contributed by atoms with Gasteiger partial charge in [0, 0.05) is 47.5 Å². The molecule has 3 aromatic rings. The fraction of sp³-hybridized carbons (Fsp3) is 0.125. The number of pyridine rings is 1. The van der Waals surface area contributed by atoms with E-state index in [4.69, 9.17) is 18.0 Å². The van der Waals surface area contributed by atoms with Crippen molar-refractivity contribution in [2.45, 2.75) is 13.0 Å². The second kappa shape index (κ2) is 5.43. The van der Waals surface area contributed by atoms with E-state index >= 15 is 0 Å². The average Bonchev–Trinajstić information content (AvgIpc) is 2.89. The number of aryl methyl sites for hydroxylation is 2. The van der Waals surface area contributed by atoms with Crippen LogP contribution in [-0.2, 0) is 13.0 Å². The number of nitrogens with two attached hydrogens (primary N) is 1. The Morgan fingerprint density at radius 3 is 2.80 bits per heavy atom.